The smallest absolute Gasteiger partial charge is 0.251 e. The summed E-state index contributed by atoms with van der Waals surface area (Å²) >= 11 is 1.12. The first-order valence-corrected chi connectivity index (χ1v) is 10.4. The van der Waals surface area contributed by atoms with Crippen LogP contribution in [0.4, 0.5) is 5.69 Å². The summed E-state index contributed by atoms with van der Waals surface area (Å²) in [5.74, 6) is -0.259. The second-order valence-electron chi connectivity index (χ2n) is 6.92. The Morgan fingerprint density at radius 3 is 2.72 bits per heavy atom. The zero-order valence-electron chi connectivity index (χ0n) is 15.6. The van der Waals surface area contributed by atoms with Crippen LogP contribution >= 0.6 is 11.8 Å². The van der Waals surface area contributed by atoms with E-state index in [0.29, 0.717) is 10.9 Å². The molecule has 3 aromatic rings. The molecule has 1 fully saturated rings. The number of benzene rings is 2. The van der Waals surface area contributed by atoms with Crippen molar-refractivity contribution in [2.24, 2.45) is 0 Å². The first-order valence-electron chi connectivity index (χ1n) is 9.37. The van der Waals surface area contributed by atoms with E-state index in [9.17, 15) is 14.4 Å². The van der Waals surface area contributed by atoms with Crippen molar-refractivity contribution < 1.29 is 9.59 Å². The Morgan fingerprint density at radius 1 is 1.10 bits per heavy atom. The van der Waals surface area contributed by atoms with Crippen LogP contribution < -0.4 is 16.2 Å². The number of rotatable bonds is 7. The van der Waals surface area contributed by atoms with Gasteiger partial charge in [-0.15, -0.1) is 0 Å². The fourth-order valence-electron chi connectivity index (χ4n) is 2.97. The van der Waals surface area contributed by atoms with Crippen molar-refractivity contribution in [3.63, 3.8) is 0 Å². The molecule has 2 amide bonds. The number of carbonyl (C=O) groups is 2. The van der Waals surface area contributed by atoms with E-state index < -0.39 is 0 Å². The lowest BCUT2D eigenvalue weighted by Gasteiger charge is -2.09. The molecule has 7 nitrogen and oxygen atoms in total. The standard InChI is InChI=1S/C21H20N4O3S/c26-18(22-14-8-9-14)10-15-11-19(27)25-21(23-15)29-12-20(28)24-17-7-3-5-13-4-1-2-6-16(13)17/h1-7,11,14H,8-10,12H2,(H,22,26)(H,24,28)(H,23,25,27). The van der Waals surface area contributed by atoms with Gasteiger partial charge >= 0.3 is 0 Å². The van der Waals surface area contributed by atoms with Crippen molar-refractivity contribution in [1.82, 2.24) is 15.3 Å². The number of amides is 2. The van der Waals surface area contributed by atoms with Crippen LogP contribution in [0.15, 0.2) is 58.5 Å². The van der Waals surface area contributed by atoms with Gasteiger partial charge in [0.2, 0.25) is 11.8 Å². The minimum Gasteiger partial charge on any atom is -0.353 e. The van der Waals surface area contributed by atoms with Crippen molar-refractivity contribution in [3.8, 4) is 0 Å². The van der Waals surface area contributed by atoms with E-state index in [0.717, 1.165) is 41.1 Å². The number of thioether (sulfide) groups is 1. The fourth-order valence-corrected chi connectivity index (χ4v) is 3.66. The zero-order chi connectivity index (χ0) is 20.2. The molecule has 4 rings (SSSR count). The van der Waals surface area contributed by atoms with Crippen LogP contribution in [0.3, 0.4) is 0 Å². The van der Waals surface area contributed by atoms with Crippen molar-refractivity contribution >= 4 is 40.0 Å². The fraction of sp³-hybridized carbons (Fsp3) is 0.238. The Labute approximate surface area is 171 Å². The molecule has 0 radical (unpaired) electrons. The average molecular weight is 408 g/mol. The topological polar surface area (TPSA) is 104 Å². The Balaban J connectivity index is 1.38. The normalized spacial score (nSPS) is 13.2. The van der Waals surface area contributed by atoms with Gasteiger partial charge in [0.25, 0.3) is 5.56 Å². The van der Waals surface area contributed by atoms with Crippen LogP contribution in [-0.4, -0.2) is 33.6 Å². The number of hydrogen-bond donors (Lipinski definition) is 3. The molecule has 2 aromatic carbocycles. The molecule has 1 saturated carbocycles. The van der Waals surface area contributed by atoms with E-state index in [1.54, 1.807) is 0 Å². The van der Waals surface area contributed by atoms with E-state index >= 15 is 0 Å². The van der Waals surface area contributed by atoms with E-state index in [1.807, 2.05) is 42.5 Å². The lowest BCUT2D eigenvalue weighted by Crippen LogP contribution is -2.28. The quantitative estimate of drug-likeness (QED) is 0.412. The molecular weight excluding hydrogens is 388 g/mol. The summed E-state index contributed by atoms with van der Waals surface area (Å²) < 4.78 is 0. The predicted octanol–water partition coefficient (Wildman–Crippen LogP) is 2.47. The van der Waals surface area contributed by atoms with E-state index in [4.69, 9.17) is 0 Å². The molecule has 3 N–H and O–H groups in total. The highest BCUT2D eigenvalue weighted by Gasteiger charge is 2.23. The second kappa shape index (κ2) is 8.48. The summed E-state index contributed by atoms with van der Waals surface area (Å²) in [6.45, 7) is 0. The summed E-state index contributed by atoms with van der Waals surface area (Å²) in [7, 11) is 0. The van der Waals surface area contributed by atoms with Crippen molar-refractivity contribution in [1.29, 1.82) is 0 Å². The molecule has 0 atom stereocenters. The third-order valence-corrected chi connectivity index (χ3v) is 5.33. The van der Waals surface area contributed by atoms with Crippen LogP contribution in [0.25, 0.3) is 10.8 Å². The highest BCUT2D eigenvalue weighted by atomic mass is 32.2. The van der Waals surface area contributed by atoms with E-state index in [1.165, 1.54) is 6.07 Å². The minimum absolute atomic E-state index is 0.0518. The van der Waals surface area contributed by atoms with Crippen LogP contribution in [0, 0.1) is 0 Å². The van der Waals surface area contributed by atoms with Gasteiger partial charge in [-0.3, -0.25) is 14.4 Å². The summed E-state index contributed by atoms with van der Waals surface area (Å²) in [6.07, 6.45) is 2.05. The maximum Gasteiger partial charge on any atom is 0.251 e. The number of carbonyl (C=O) groups excluding carboxylic acids is 2. The highest BCUT2D eigenvalue weighted by molar-refractivity contribution is 7.99. The molecule has 0 saturated heterocycles. The molecule has 0 spiro atoms. The summed E-state index contributed by atoms with van der Waals surface area (Å²) in [5.41, 5.74) is 0.788. The summed E-state index contributed by atoms with van der Waals surface area (Å²) in [4.78, 5) is 43.1. The van der Waals surface area contributed by atoms with Crippen LogP contribution in [-0.2, 0) is 16.0 Å². The maximum absolute atomic E-state index is 12.4. The molecule has 0 bridgehead atoms. The molecule has 1 aromatic heterocycles. The molecular formula is C21H20N4O3S. The molecule has 29 heavy (non-hydrogen) atoms. The number of aromatic amines is 1. The van der Waals surface area contributed by atoms with Gasteiger partial charge in [-0.05, 0) is 24.3 Å². The third kappa shape index (κ3) is 5.23. The largest absolute Gasteiger partial charge is 0.353 e. The van der Waals surface area contributed by atoms with Gasteiger partial charge in [0.05, 0.1) is 17.9 Å². The number of anilines is 1. The third-order valence-electron chi connectivity index (χ3n) is 4.46. The summed E-state index contributed by atoms with van der Waals surface area (Å²) in [6, 6.07) is 15.1. The lowest BCUT2D eigenvalue weighted by molar-refractivity contribution is -0.120. The van der Waals surface area contributed by atoms with Crippen molar-refractivity contribution in [3.05, 3.63) is 64.6 Å². The number of aromatic nitrogens is 2. The van der Waals surface area contributed by atoms with Gasteiger partial charge in [-0.1, -0.05) is 48.2 Å². The van der Waals surface area contributed by atoms with Gasteiger partial charge in [0.15, 0.2) is 5.16 Å². The second-order valence-corrected chi connectivity index (χ2v) is 7.89. The highest BCUT2D eigenvalue weighted by Crippen LogP contribution is 2.23. The van der Waals surface area contributed by atoms with Gasteiger partial charge < -0.3 is 15.6 Å². The maximum atomic E-state index is 12.4. The number of nitrogens with zero attached hydrogens (tertiary/aromatic N) is 1. The van der Waals surface area contributed by atoms with E-state index in [2.05, 4.69) is 20.6 Å². The average Bonchev–Trinajstić information content (AvgIpc) is 3.50. The molecule has 8 heteroatoms. The monoisotopic (exact) mass is 408 g/mol. The van der Waals surface area contributed by atoms with E-state index in [-0.39, 0.29) is 35.6 Å². The first-order chi connectivity index (χ1) is 14.1. The number of nitrogens with one attached hydrogen (secondary N) is 3. The van der Waals surface area contributed by atoms with Crippen molar-refractivity contribution in [2.75, 3.05) is 11.1 Å². The Morgan fingerprint density at radius 2 is 1.90 bits per heavy atom. The Kier molecular flexibility index (Phi) is 5.62. The van der Waals surface area contributed by atoms with Gasteiger partial charge in [0, 0.05) is 23.2 Å². The minimum atomic E-state index is -0.341. The first kappa shape index (κ1) is 19.2. The van der Waals surface area contributed by atoms with Gasteiger partial charge in [0.1, 0.15) is 0 Å². The van der Waals surface area contributed by atoms with Gasteiger partial charge in [-0.2, -0.15) is 0 Å². The Hall–Kier alpha value is -3.13. The van der Waals surface area contributed by atoms with Crippen LogP contribution in [0.2, 0.25) is 0 Å². The van der Waals surface area contributed by atoms with Crippen molar-refractivity contribution in [2.45, 2.75) is 30.5 Å². The number of H-pyrrole nitrogens is 1. The predicted molar refractivity (Wildman–Crippen MR) is 113 cm³/mol. The molecule has 1 aliphatic rings. The van der Waals surface area contributed by atoms with Crippen LogP contribution in [0.5, 0.6) is 0 Å². The van der Waals surface area contributed by atoms with Crippen LogP contribution in [0.1, 0.15) is 18.5 Å². The molecule has 1 heterocycles. The molecule has 1 aliphatic carbocycles. The Bertz CT molecular complexity index is 1120. The zero-order valence-corrected chi connectivity index (χ0v) is 16.4. The lowest BCUT2D eigenvalue weighted by atomic mass is 10.1. The number of hydrogen-bond acceptors (Lipinski definition) is 5. The molecule has 148 valence electrons. The number of fused-ring (bicyclic) bond motifs is 1. The molecule has 0 unspecified atom stereocenters. The SMILES string of the molecule is O=C(CSc1nc(CC(=O)NC2CC2)cc(=O)[nH]1)Nc1cccc2ccccc12. The molecule has 0 aliphatic heterocycles. The summed E-state index contributed by atoms with van der Waals surface area (Å²) in [5, 5.41) is 8.10. The van der Waals surface area contributed by atoms with Gasteiger partial charge in [-0.25, -0.2) is 4.98 Å².